The first-order valence-corrected chi connectivity index (χ1v) is 7.87. The van der Waals surface area contributed by atoms with E-state index in [-0.39, 0.29) is 17.5 Å². The molecule has 1 fully saturated rings. The third kappa shape index (κ3) is 3.57. The van der Waals surface area contributed by atoms with Gasteiger partial charge in [-0.3, -0.25) is 4.99 Å². The predicted molar refractivity (Wildman–Crippen MR) is 72.3 cm³/mol. The molecular formula is C13H17NO3S. The zero-order valence-electron chi connectivity index (χ0n) is 10.4. The van der Waals surface area contributed by atoms with Crippen LogP contribution in [0, 0.1) is 0 Å². The number of ether oxygens (including phenoxy) is 1. The Morgan fingerprint density at radius 3 is 2.67 bits per heavy atom. The Kier molecular flexibility index (Phi) is 4.01. The van der Waals surface area contributed by atoms with E-state index in [0.29, 0.717) is 13.0 Å². The van der Waals surface area contributed by atoms with Gasteiger partial charge in [-0.25, -0.2) is 8.42 Å². The quantitative estimate of drug-likeness (QED) is 0.780. The number of sulfone groups is 1. The average molecular weight is 267 g/mol. The van der Waals surface area contributed by atoms with Gasteiger partial charge in [0.25, 0.3) is 0 Å². The molecule has 0 bridgehead atoms. The molecule has 0 aliphatic carbocycles. The molecule has 2 rings (SSSR count). The third-order valence-electron chi connectivity index (χ3n) is 2.83. The molecule has 0 spiro atoms. The summed E-state index contributed by atoms with van der Waals surface area (Å²) in [6.45, 7) is 2.59. The van der Waals surface area contributed by atoms with Crippen molar-refractivity contribution in [2.45, 2.75) is 19.4 Å². The molecule has 0 saturated carbocycles. The first kappa shape index (κ1) is 13.1. The van der Waals surface area contributed by atoms with Gasteiger partial charge in [-0.15, -0.1) is 0 Å². The third-order valence-corrected chi connectivity index (χ3v) is 4.58. The molecule has 0 amide bonds. The summed E-state index contributed by atoms with van der Waals surface area (Å²) < 4.78 is 27.9. The molecule has 0 aromatic heterocycles. The number of benzene rings is 1. The van der Waals surface area contributed by atoms with Gasteiger partial charge in [0.1, 0.15) is 5.75 Å². The number of nitrogens with zero attached hydrogens (tertiary/aromatic N) is 1. The van der Waals surface area contributed by atoms with Crippen molar-refractivity contribution in [3.05, 3.63) is 29.8 Å². The Bertz CT molecular complexity index is 520. The van der Waals surface area contributed by atoms with E-state index >= 15 is 0 Å². The minimum atomic E-state index is -2.85. The van der Waals surface area contributed by atoms with E-state index in [1.165, 1.54) is 0 Å². The Balaban J connectivity index is 1.97. The SMILES string of the molecule is CCOc1ccc(C=NC2CCS(=O)(=O)C2)cc1. The number of hydrogen-bond acceptors (Lipinski definition) is 4. The lowest BCUT2D eigenvalue weighted by Gasteiger charge is -2.03. The monoisotopic (exact) mass is 267 g/mol. The van der Waals surface area contributed by atoms with Crippen LogP contribution in [-0.2, 0) is 9.84 Å². The van der Waals surface area contributed by atoms with E-state index in [4.69, 9.17) is 4.74 Å². The molecule has 0 radical (unpaired) electrons. The van der Waals surface area contributed by atoms with Gasteiger partial charge >= 0.3 is 0 Å². The van der Waals surface area contributed by atoms with Gasteiger partial charge in [0.15, 0.2) is 9.84 Å². The summed E-state index contributed by atoms with van der Waals surface area (Å²) in [5, 5.41) is 0. The van der Waals surface area contributed by atoms with Crippen molar-refractivity contribution in [2.75, 3.05) is 18.1 Å². The number of rotatable bonds is 4. The molecule has 4 nitrogen and oxygen atoms in total. The standard InChI is InChI=1S/C13H17NO3S/c1-2-17-13-5-3-11(4-6-13)9-14-12-7-8-18(15,16)10-12/h3-6,9,12H,2,7-8,10H2,1H3. The molecule has 1 heterocycles. The minimum absolute atomic E-state index is 0.0819. The van der Waals surface area contributed by atoms with Crippen molar-refractivity contribution >= 4 is 16.1 Å². The molecule has 18 heavy (non-hydrogen) atoms. The molecule has 1 aliphatic rings. The smallest absolute Gasteiger partial charge is 0.152 e. The second-order valence-corrected chi connectivity index (χ2v) is 6.57. The van der Waals surface area contributed by atoms with Crippen LogP contribution in [0.4, 0.5) is 0 Å². The lowest BCUT2D eigenvalue weighted by atomic mass is 10.2. The highest BCUT2D eigenvalue weighted by molar-refractivity contribution is 7.91. The van der Waals surface area contributed by atoms with E-state index in [1.807, 2.05) is 31.2 Å². The Morgan fingerprint density at radius 2 is 2.11 bits per heavy atom. The fourth-order valence-electron chi connectivity index (χ4n) is 1.90. The summed E-state index contributed by atoms with van der Waals surface area (Å²) in [6.07, 6.45) is 2.37. The van der Waals surface area contributed by atoms with Crippen molar-refractivity contribution in [3.63, 3.8) is 0 Å². The Morgan fingerprint density at radius 1 is 1.39 bits per heavy atom. The maximum absolute atomic E-state index is 11.3. The van der Waals surface area contributed by atoms with Crippen molar-refractivity contribution in [3.8, 4) is 5.75 Å². The van der Waals surface area contributed by atoms with Crippen LogP contribution in [0.25, 0.3) is 0 Å². The average Bonchev–Trinajstić information content (AvgIpc) is 2.69. The molecule has 1 atom stereocenters. The van der Waals surface area contributed by atoms with Gasteiger partial charge in [-0.1, -0.05) is 0 Å². The van der Waals surface area contributed by atoms with Gasteiger partial charge in [0.2, 0.25) is 0 Å². The van der Waals surface area contributed by atoms with E-state index in [1.54, 1.807) is 6.21 Å². The van der Waals surface area contributed by atoms with Crippen LogP contribution in [0.5, 0.6) is 5.75 Å². The topological polar surface area (TPSA) is 55.7 Å². The fourth-order valence-corrected chi connectivity index (χ4v) is 3.54. The molecule has 1 unspecified atom stereocenters. The van der Waals surface area contributed by atoms with E-state index in [9.17, 15) is 8.42 Å². The van der Waals surface area contributed by atoms with Gasteiger partial charge in [-0.2, -0.15) is 0 Å². The molecule has 1 aromatic carbocycles. The summed E-state index contributed by atoms with van der Waals surface area (Å²) in [5.41, 5.74) is 0.961. The van der Waals surface area contributed by atoms with Crippen LogP contribution < -0.4 is 4.74 Å². The van der Waals surface area contributed by atoms with E-state index in [0.717, 1.165) is 11.3 Å². The minimum Gasteiger partial charge on any atom is -0.494 e. The Labute approximate surface area is 108 Å². The molecule has 1 aromatic rings. The summed E-state index contributed by atoms with van der Waals surface area (Å²) in [7, 11) is -2.85. The second-order valence-electron chi connectivity index (χ2n) is 4.34. The summed E-state index contributed by atoms with van der Waals surface area (Å²) in [4.78, 5) is 4.32. The largest absolute Gasteiger partial charge is 0.494 e. The maximum atomic E-state index is 11.3. The molecule has 5 heteroatoms. The predicted octanol–water partition coefficient (Wildman–Crippen LogP) is 1.69. The summed E-state index contributed by atoms with van der Waals surface area (Å²) in [5.74, 6) is 1.27. The normalized spacial score (nSPS) is 22.4. The van der Waals surface area contributed by atoms with Gasteiger partial charge in [-0.05, 0) is 43.2 Å². The van der Waals surface area contributed by atoms with Gasteiger partial charge in [0, 0.05) is 6.21 Å². The highest BCUT2D eigenvalue weighted by atomic mass is 32.2. The van der Waals surface area contributed by atoms with Crippen molar-refractivity contribution in [1.29, 1.82) is 0 Å². The highest BCUT2D eigenvalue weighted by Crippen LogP contribution is 2.15. The van der Waals surface area contributed by atoms with Gasteiger partial charge < -0.3 is 4.74 Å². The maximum Gasteiger partial charge on any atom is 0.152 e. The van der Waals surface area contributed by atoms with E-state index < -0.39 is 9.84 Å². The number of aliphatic imine (C=N–C) groups is 1. The summed E-state index contributed by atoms with van der Waals surface area (Å²) >= 11 is 0. The van der Waals surface area contributed by atoms with Crippen LogP contribution >= 0.6 is 0 Å². The fraction of sp³-hybridized carbons (Fsp3) is 0.462. The Hall–Kier alpha value is -1.36. The lowest BCUT2D eigenvalue weighted by Crippen LogP contribution is -2.07. The number of hydrogen-bond donors (Lipinski definition) is 0. The van der Waals surface area contributed by atoms with Crippen molar-refractivity contribution in [1.82, 2.24) is 0 Å². The highest BCUT2D eigenvalue weighted by Gasteiger charge is 2.26. The molecule has 0 N–H and O–H groups in total. The molecule has 1 aliphatic heterocycles. The van der Waals surface area contributed by atoms with Crippen LogP contribution in [0.3, 0.4) is 0 Å². The van der Waals surface area contributed by atoms with Gasteiger partial charge in [0.05, 0.1) is 24.2 Å². The van der Waals surface area contributed by atoms with Crippen molar-refractivity contribution in [2.24, 2.45) is 4.99 Å². The molecule has 1 saturated heterocycles. The lowest BCUT2D eigenvalue weighted by molar-refractivity contribution is 0.340. The van der Waals surface area contributed by atoms with Crippen LogP contribution in [0.2, 0.25) is 0 Å². The van der Waals surface area contributed by atoms with Crippen molar-refractivity contribution < 1.29 is 13.2 Å². The summed E-state index contributed by atoms with van der Waals surface area (Å²) in [6, 6.07) is 7.52. The van der Waals surface area contributed by atoms with Crippen LogP contribution in [-0.4, -0.2) is 38.8 Å². The van der Waals surface area contributed by atoms with Crippen LogP contribution in [0.1, 0.15) is 18.9 Å². The van der Waals surface area contributed by atoms with Crippen LogP contribution in [0.15, 0.2) is 29.3 Å². The first-order valence-electron chi connectivity index (χ1n) is 6.05. The zero-order valence-corrected chi connectivity index (χ0v) is 11.2. The molecular weight excluding hydrogens is 250 g/mol. The first-order chi connectivity index (χ1) is 8.59. The molecule has 98 valence electrons. The second kappa shape index (κ2) is 5.52. The zero-order chi connectivity index (χ0) is 13.0. The van der Waals surface area contributed by atoms with E-state index in [2.05, 4.69) is 4.99 Å².